The highest BCUT2D eigenvalue weighted by molar-refractivity contribution is 7.86. The molecule has 3 heterocycles. The van der Waals surface area contributed by atoms with Gasteiger partial charge in [0.25, 0.3) is 15.8 Å². The van der Waals surface area contributed by atoms with Gasteiger partial charge in [0.2, 0.25) is 0 Å². The fourth-order valence-electron chi connectivity index (χ4n) is 3.14. The third-order valence-corrected chi connectivity index (χ3v) is 6.45. The Morgan fingerprint density at radius 2 is 1.96 bits per heavy atom. The molecule has 0 unspecified atom stereocenters. The van der Waals surface area contributed by atoms with Gasteiger partial charge in [0.1, 0.15) is 5.82 Å². The van der Waals surface area contributed by atoms with Crippen molar-refractivity contribution >= 4 is 10.2 Å². The fraction of sp³-hybridized carbons (Fsp3) is 0.714. The molecule has 1 fully saturated rings. The van der Waals surface area contributed by atoms with Crippen LogP contribution in [0.5, 0.6) is 0 Å². The predicted molar refractivity (Wildman–Crippen MR) is 86.4 cm³/mol. The van der Waals surface area contributed by atoms with Crippen LogP contribution in [-0.4, -0.2) is 60.7 Å². The van der Waals surface area contributed by atoms with Crippen molar-refractivity contribution in [3.05, 3.63) is 27.4 Å². The summed E-state index contributed by atoms with van der Waals surface area (Å²) in [5.74, 6) is 1.02. The molecule has 2 aliphatic rings. The second kappa shape index (κ2) is 6.31. The number of nitrogens with one attached hydrogen (secondary N) is 2. The van der Waals surface area contributed by atoms with Gasteiger partial charge < -0.3 is 10.3 Å². The second-order valence-corrected chi connectivity index (χ2v) is 8.42. The fourth-order valence-corrected chi connectivity index (χ4v) is 4.21. The van der Waals surface area contributed by atoms with Gasteiger partial charge >= 0.3 is 0 Å². The van der Waals surface area contributed by atoms with Crippen LogP contribution in [0.4, 0.5) is 0 Å². The zero-order valence-electron chi connectivity index (χ0n) is 13.5. The number of piperidine rings is 1. The number of aromatic nitrogens is 2. The quantitative estimate of drug-likeness (QED) is 0.765. The van der Waals surface area contributed by atoms with Crippen LogP contribution in [0.2, 0.25) is 0 Å². The first-order valence-corrected chi connectivity index (χ1v) is 9.29. The summed E-state index contributed by atoms with van der Waals surface area (Å²) in [7, 11) is -0.525. The number of aromatic amines is 1. The van der Waals surface area contributed by atoms with Crippen LogP contribution >= 0.6 is 0 Å². The molecule has 3 rings (SSSR count). The minimum absolute atomic E-state index is 0.0880. The topological polar surface area (TPSA) is 98.4 Å². The molecule has 0 amide bonds. The number of rotatable bonds is 3. The summed E-state index contributed by atoms with van der Waals surface area (Å²) in [6.45, 7) is 2.31. The Balaban J connectivity index is 1.89. The first-order valence-electron chi connectivity index (χ1n) is 7.90. The van der Waals surface area contributed by atoms with Crippen LogP contribution in [0.3, 0.4) is 0 Å². The van der Waals surface area contributed by atoms with Crippen molar-refractivity contribution in [2.24, 2.45) is 0 Å². The lowest BCUT2D eigenvalue weighted by Gasteiger charge is -2.30. The van der Waals surface area contributed by atoms with Crippen LogP contribution in [0.1, 0.15) is 35.8 Å². The van der Waals surface area contributed by atoms with Crippen molar-refractivity contribution in [1.29, 1.82) is 0 Å². The van der Waals surface area contributed by atoms with E-state index in [1.165, 1.54) is 22.7 Å². The van der Waals surface area contributed by atoms with E-state index in [-0.39, 0.29) is 18.0 Å². The van der Waals surface area contributed by atoms with Crippen LogP contribution in [0, 0.1) is 0 Å². The SMILES string of the molecule is CN(C)S(=O)(=O)N1CCc2nc(C3CCNCC3)[nH]c(=O)c2C1. The molecule has 0 spiro atoms. The molecular weight excluding hydrogens is 318 g/mol. The summed E-state index contributed by atoms with van der Waals surface area (Å²) in [6.07, 6.45) is 2.40. The van der Waals surface area contributed by atoms with Gasteiger partial charge in [-0.05, 0) is 25.9 Å². The molecule has 0 atom stereocenters. The molecule has 8 nitrogen and oxygen atoms in total. The molecule has 9 heteroatoms. The second-order valence-electron chi connectivity index (χ2n) is 6.27. The molecule has 1 saturated heterocycles. The number of fused-ring (bicyclic) bond motifs is 1. The first-order chi connectivity index (χ1) is 10.9. The molecule has 23 heavy (non-hydrogen) atoms. The highest BCUT2D eigenvalue weighted by Gasteiger charge is 2.31. The Hall–Kier alpha value is -1.29. The normalized spacial score (nSPS) is 20.7. The van der Waals surface area contributed by atoms with E-state index in [1.807, 2.05) is 0 Å². The van der Waals surface area contributed by atoms with E-state index in [2.05, 4.69) is 15.3 Å². The molecule has 1 aromatic rings. The number of nitrogens with zero attached hydrogens (tertiary/aromatic N) is 3. The molecular formula is C14H23N5O3S. The maximum absolute atomic E-state index is 12.4. The Kier molecular flexibility index (Phi) is 4.54. The van der Waals surface area contributed by atoms with Crippen molar-refractivity contribution in [2.45, 2.75) is 31.7 Å². The van der Waals surface area contributed by atoms with Crippen molar-refractivity contribution < 1.29 is 8.42 Å². The summed E-state index contributed by atoms with van der Waals surface area (Å²) in [6, 6.07) is 0. The predicted octanol–water partition coefficient (Wildman–Crippen LogP) is -0.599. The summed E-state index contributed by atoms with van der Waals surface area (Å²) < 4.78 is 27.0. The van der Waals surface area contributed by atoms with Crippen LogP contribution in [-0.2, 0) is 23.2 Å². The highest BCUT2D eigenvalue weighted by atomic mass is 32.2. The molecule has 0 radical (unpaired) electrons. The molecule has 2 aliphatic heterocycles. The monoisotopic (exact) mass is 341 g/mol. The van der Waals surface area contributed by atoms with Gasteiger partial charge in [0.15, 0.2) is 0 Å². The average Bonchev–Trinajstić information content (AvgIpc) is 2.55. The molecule has 2 N–H and O–H groups in total. The summed E-state index contributed by atoms with van der Waals surface area (Å²) in [4.78, 5) is 19.9. The lowest BCUT2D eigenvalue weighted by molar-refractivity contribution is 0.352. The van der Waals surface area contributed by atoms with Gasteiger partial charge in [-0.15, -0.1) is 0 Å². The number of hydrogen-bond donors (Lipinski definition) is 2. The molecule has 0 aliphatic carbocycles. The zero-order valence-corrected chi connectivity index (χ0v) is 14.3. The van der Waals surface area contributed by atoms with E-state index < -0.39 is 10.2 Å². The van der Waals surface area contributed by atoms with Crippen molar-refractivity contribution in [3.8, 4) is 0 Å². The Morgan fingerprint density at radius 3 is 2.61 bits per heavy atom. The lowest BCUT2D eigenvalue weighted by Crippen LogP contribution is -2.45. The van der Waals surface area contributed by atoms with Crippen molar-refractivity contribution in [3.63, 3.8) is 0 Å². The summed E-state index contributed by atoms with van der Waals surface area (Å²) >= 11 is 0. The van der Waals surface area contributed by atoms with Gasteiger partial charge in [0, 0.05) is 39.5 Å². The third-order valence-electron chi connectivity index (χ3n) is 4.57. The van der Waals surface area contributed by atoms with Crippen molar-refractivity contribution in [2.75, 3.05) is 33.7 Å². The minimum Gasteiger partial charge on any atom is -0.317 e. The largest absolute Gasteiger partial charge is 0.317 e. The standard InChI is InChI=1S/C14H23N5O3S/c1-18(2)23(21,22)19-8-5-12-11(9-19)14(20)17-13(16-12)10-3-6-15-7-4-10/h10,15H,3-9H2,1-2H3,(H,16,17,20). The van der Waals surface area contributed by atoms with Gasteiger partial charge in [-0.2, -0.15) is 17.0 Å². The van der Waals surface area contributed by atoms with E-state index in [1.54, 1.807) is 0 Å². The molecule has 128 valence electrons. The van der Waals surface area contributed by atoms with Crippen molar-refractivity contribution in [1.82, 2.24) is 23.9 Å². The third kappa shape index (κ3) is 3.18. The molecule has 1 aromatic heterocycles. The van der Waals surface area contributed by atoms with E-state index in [4.69, 9.17) is 0 Å². The smallest absolute Gasteiger partial charge is 0.281 e. The van der Waals surface area contributed by atoms with Gasteiger partial charge in [0.05, 0.1) is 11.3 Å². The van der Waals surface area contributed by atoms with E-state index in [0.29, 0.717) is 18.5 Å². The Bertz CT molecular complexity index is 737. The molecule has 0 aromatic carbocycles. The van der Waals surface area contributed by atoms with E-state index in [0.717, 1.165) is 37.4 Å². The minimum atomic E-state index is -3.51. The lowest BCUT2D eigenvalue weighted by atomic mass is 9.96. The van der Waals surface area contributed by atoms with Gasteiger partial charge in [-0.1, -0.05) is 0 Å². The van der Waals surface area contributed by atoms with Gasteiger partial charge in [-0.25, -0.2) is 4.98 Å². The first kappa shape index (κ1) is 16.6. The Morgan fingerprint density at radius 1 is 1.26 bits per heavy atom. The number of H-pyrrole nitrogens is 1. The molecule has 0 bridgehead atoms. The number of hydrogen-bond acceptors (Lipinski definition) is 5. The summed E-state index contributed by atoms with van der Waals surface area (Å²) in [5.41, 5.74) is 1.01. The maximum atomic E-state index is 12.4. The average molecular weight is 341 g/mol. The van der Waals surface area contributed by atoms with E-state index >= 15 is 0 Å². The Labute approximate surface area is 136 Å². The highest BCUT2D eigenvalue weighted by Crippen LogP contribution is 2.24. The van der Waals surface area contributed by atoms with Gasteiger partial charge in [-0.3, -0.25) is 4.79 Å². The summed E-state index contributed by atoms with van der Waals surface area (Å²) in [5, 5.41) is 3.30. The maximum Gasteiger partial charge on any atom is 0.281 e. The van der Waals surface area contributed by atoms with Crippen LogP contribution in [0.25, 0.3) is 0 Å². The van der Waals surface area contributed by atoms with Crippen LogP contribution < -0.4 is 10.9 Å². The van der Waals surface area contributed by atoms with E-state index in [9.17, 15) is 13.2 Å². The zero-order chi connectivity index (χ0) is 16.6. The molecule has 0 saturated carbocycles. The van der Waals surface area contributed by atoms with Crippen LogP contribution in [0.15, 0.2) is 4.79 Å².